The third-order valence-corrected chi connectivity index (χ3v) is 3.96. The fourth-order valence-electron chi connectivity index (χ4n) is 2.96. The molecule has 2 aliphatic carbocycles. The molecule has 12 heavy (non-hydrogen) atoms. The maximum absolute atomic E-state index is 4.23. The number of allylic oxidation sites excluding steroid dienone is 1. The monoisotopic (exact) mass is 164 g/mol. The summed E-state index contributed by atoms with van der Waals surface area (Å²) in [4.78, 5) is 0. The molecule has 2 aliphatic rings. The summed E-state index contributed by atoms with van der Waals surface area (Å²) in [5.74, 6) is 1.06. The maximum Gasteiger partial charge on any atom is -0.00592 e. The van der Waals surface area contributed by atoms with Gasteiger partial charge in [0.05, 0.1) is 0 Å². The zero-order valence-electron chi connectivity index (χ0n) is 8.23. The first-order valence-corrected chi connectivity index (χ1v) is 5.48. The van der Waals surface area contributed by atoms with Gasteiger partial charge >= 0.3 is 0 Å². The predicted octanol–water partition coefficient (Wildman–Crippen LogP) is 3.92. The first kappa shape index (κ1) is 8.34. The SMILES string of the molecule is C=C1CCC2CC12CCCCC. The van der Waals surface area contributed by atoms with Crippen LogP contribution in [0.25, 0.3) is 0 Å². The molecule has 0 aromatic heterocycles. The Kier molecular flexibility index (Phi) is 2.02. The molecule has 0 N–H and O–H groups in total. The summed E-state index contributed by atoms with van der Waals surface area (Å²) in [5, 5.41) is 0. The van der Waals surface area contributed by atoms with Gasteiger partial charge in [-0.25, -0.2) is 0 Å². The minimum atomic E-state index is 0.676. The van der Waals surface area contributed by atoms with Gasteiger partial charge in [0.2, 0.25) is 0 Å². The summed E-state index contributed by atoms with van der Waals surface area (Å²) in [6.45, 7) is 6.51. The van der Waals surface area contributed by atoms with Crippen LogP contribution in [0.3, 0.4) is 0 Å². The molecule has 0 aromatic rings. The second-order valence-electron chi connectivity index (χ2n) is 4.66. The second kappa shape index (κ2) is 2.90. The Morgan fingerprint density at radius 1 is 1.50 bits per heavy atom. The molecular weight excluding hydrogens is 144 g/mol. The summed E-state index contributed by atoms with van der Waals surface area (Å²) in [6.07, 6.45) is 9.92. The van der Waals surface area contributed by atoms with Gasteiger partial charge in [0.1, 0.15) is 0 Å². The van der Waals surface area contributed by atoms with Gasteiger partial charge in [0, 0.05) is 0 Å². The molecule has 0 aliphatic heterocycles. The van der Waals surface area contributed by atoms with E-state index in [4.69, 9.17) is 0 Å². The molecule has 0 saturated heterocycles. The van der Waals surface area contributed by atoms with E-state index in [0.717, 1.165) is 5.92 Å². The van der Waals surface area contributed by atoms with Crippen LogP contribution in [-0.2, 0) is 0 Å². The van der Waals surface area contributed by atoms with Crippen LogP contribution in [0, 0.1) is 11.3 Å². The molecule has 0 radical (unpaired) electrons. The van der Waals surface area contributed by atoms with Gasteiger partial charge in [0.25, 0.3) is 0 Å². The maximum atomic E-state index is 4.23. The van der Waals surface area contributed by atoms with Crippen molar-refractivity contribution < 1.29 is 0 Å². The van der Waals surface area contributed by atoms with Crippen molar-refractivity contribution in [1.82, 2.24) is 0 Å². The molecule has 0 heteroatoms. The molecule has 2 rings (SSSR count). The van der Waals surface area contributed by atoms with Gasteiger partial charge in [-0.2, -0.15) is 0 Å². The summed E-state index contributed by atoms with van der Waals surface area (Å²) in [7, 11) is 0. The molecule has 2 fully saturated rings. The van der Waals surface area contributed by atoms with Gasteiger partial charge in [-0.15, -0.1) is 0 Å². The van der Waals surface area contributed by atoms with Gasteiger partial charge < -0.3 is 0 Å². The van der Waals surface area contributed by atoms with E-state index in [1.54, 1.807) is 5.57 Å². The minimum absolute atomic E-state index is 0.676. The Balaban J connectivity index is 1.83. The third kappa shape index (κ3) is 1.12. The van der Waals surface area contributed by atoms with Crippen molar-refractivity contribution in [3.05, 3.63) is 12.2 Å². The lowest BCUT2D eigenvalue weighted by Crippen LogP contribution is -2.01. The molecule has 0 amide bonds. The van der Waals surface area contributed by atoms with Crippen LogP contribution in [-0.4, -0.2) is 0 Å². The highest BCUT2D eigenvalue weighted by molar-refractivity contribution is 5.28. The lowest BCUT2D eigenvalue weighted by Gasteiger charge is -2.13. The molecule has 0 heterocycles. The van der Waals surface area contributed by atoms with Crippen molar-refractivity contribution in [1.29, 1.82) is 0 Å². The smallest absolute Gasteiger partial charge is 0.00592 e. The van der Waals surface area contributed by atoms with Crippen molar-refractivity contribution in [2.45, 2.75) is 51.9 Å². The fraction of sp³-hybridized carbons (Fsp3) is 0.833. The Morgan fingerprint density at radius 2 is 2.33 bits per heavy atom. The molecule has 0 aromatic carbocycles. The summed E-state index contributed by atoms with van der Waals surface area (Å²) < 4.78 is 0. The van der Waals surface area contributed by atoms with Crippen LogP contribution in [0.2, 0.25) is 0 Å². The molecule has 2 saturated carbocycles. The Labute approximate surface area is 76.1 Å². The number of hydrogen-bond donors (Lipinski definition) is 0. The number of unbranched alkanes of at least 4 members (excludes halogenated alkanes) is 2. The van der Waals surface area contributed by atoms with Crippen molar-refractivity contribution in [3.63, 3.8) is 0 Å². The third-order valence-electron chi connectivity index (χ3n) is 3.96. The molecular formula is C12H20. The van der Waals surface area contributed by atoms with E-state index in [1.165, 1.54) is 44.9 Å². The molecule has 0 spiro atoms. The van der Waals surface area contributed by atoms with E-state index in [0.29, 0.717) is 5.41 Å². The van der Waals surface area contributed by atoms with E-state index < -0.39 is 0 Å². The predicted molar refractivity (Wildman–Crippen MR) is 53.1 cm³/mol. The van der Waals surface area contributed by atoms with E-state index in [-0.39, 0.29) is 0 Å². The lowest BCUT2D eigenvalue weighted by atomic mass is 9.92. The first-order valence-electron chi connectivity index (χ1n) is 5.48. The van der Waals surface area contributed by atoms with Gasteiger partial charge in [-0.05, 0) is 37.0 Å². The molecule has 0 bridgehead atoms. The van der Waals surface area contributed by atoms with Crippen molar-refractivity contribution >= 4 is 0 Å². The minimum Gasteiger partial charge on any atom is -0.0993 e. The molecule has 2 atom stereocenters. The summed E-state index contributed by atoms with van der Waals surface area (Å²) in [5.41, 5.74) is 2.26. The number of hydrogen-bond acceptors (Lipinski definition) is 0. The van der Waals surface area contributed by atoms with E-state index in [1.807, 2.05) is 0 Å². The van der Waals surface area contributed by atoms with Crippen molar-refractivity contribution in [2.75, 3.05) is 0 Å². The zero-order chi connectivity index (χ0) is 8.60. The van der Waals surface area contributed by atoms with Crippen LogP contribution in [0.5, 0.6) is 0 Å². The van der Waals surface area contributed by atoms with Gasteiger partial charge in [-0.3, -0.25) is 0 Å². The number of fused-ring (bicyclic) bond motifs is 1. The highest BCUT2D eigenvalue weighted by atomic mass is 14.6. The van der Waals surface area contributed by atoms with E-state index >= 15 is 0 Å². The van der Waals surface area contributed by atoms with Gasteiger partial charge in [0.15, 0.2) is 0 Å². The molecule has 68 valence electrons. The van der Waals surface area contributed by atoms with Crippen LogP contribution in [0.15, 0.2) is 12.2 Å². The lowest BCUT2D eigenvalue weighted by molar-refractivity contribution is 0.493. The van der Waals surface area contributed by atoms with Crippen LogP contribution < -0.4 is 0 Å². The zero-order valence-corrected chi connectivity index (χ0v) is 8.23. The highest BCUT2D eigenvalue weighted by Crippen LogP contribution is 2.68. The first-order chi connectivity index (χ1) is 5.79. The number of rotatable bonds is 4. The normalized spacial score (nSPS) is 38.4. The Hall–Kier alpha value is -0.260. The summed E-state index contributed by atoms with van der Waals surface area (Å²) >= 11 is 0. The van der Waals surface area contributed by atoms with Crippen molar-refractivity contribution in [2.24, 2.45) is 11.3 Å². The van der Waals surface area contributed by atoms with E-state index in [9.17, 15) is 0 Å². The quantitative estimate of drug-likeness (QED) is 0.436. The van der Waals surface area contributed by atoms with E-state index in [2.05, 4.69) is 13.5 Å². The standard InChI is InChI=1S/C12H20/c1-3-4-5-8-12-9-11(12)7-6-10(12)2/h11H,2-9H2,1H3. The largest absolute Gasteiger partial charge is 0.0993 e. The van der Waals surface area contributed by atoms with Gasteiger partial charge in [-0.1, -0.05) is 38.3 Å². The fourth-order valence-corrected chi connectivity index (χ4v) is 2.96. The second-order valence-corrected chi connectivity index (χ2v) is 4.66. The average molecular weight is 164 g/mol. The molecule has 0 nitrogen and oxygen atoms in total. The molecule has 2 unspecified atom stereocenters. The van der Waals surface area contributed by atoms with Crippen LogP contribution in [0.4, 0.5) is 0 Å². The Bertz CT molecular complexity index is 192. The Morgan fingerprint density at radius 3 is 2.83 bits per heavy atom. The summed E-state index contributed by atoms with van der Waals surface area (Å²) in [6, 6.07) is 0. The van der Waals surface area contributed by atoms with Crippen LogP contribution in [0.1, 0.15) is 51.9 Å². The topological polar surface area (TPSA) is 0 Å². The highest BCUT2D eigenvalue weighted by Gasteiger charge is 2.57. The average Bonchev–Trinajstić information content (AvgIpc) is 2.70. The van der Waals surface area contributed by atoms with Crippen LogP contribution >= 0.6 is 0 Å². The van der Waals surface area contributed by atoms with Crippen molar-refractivity contribution in [3.8, 4) is 0 Å².